The van der Waals surface area contributed by atoms with Crippen LogP contribution in [0, 0.1) is 6.92 Å². The standard InChI is InChI=1S/C18H20BrN5O3S/c1-11-7-12(19)3-4-14(11)22-15(25)9-23(2)16(26)8-13-10-28-18(21-13)24-6-5-20-17(24)27/h3-4,7,10H,5-6,8-9H2,1-2H3,(H,20,27)(H,22,25). The molecule has 1 aliphatic rings. The van der Waals surface area contributed by atoms with Crippen molar-refractivity contribution in [2.24, 2.45) is 0 Å². The van der Waals surface area contributed by atoms with Crippen LogP contribution in [0.5, 0.6) is 0 Å². The zero-order chi connectivity index (χ0) is 20.3. The number of nitrogens with one attached hydrogen (secondary N) is 2. The first-order valence-corrected chi connectivity index (χ1v) is 10.3. The van der Waals surface area contributed by atoms with Gasteiger partial charge < -0.3 is 15.5 Å². The van der Waals surface area contributed by atoms with Crippen molar-refractivity contribution in [3.63, 3.8) is 0 Å². The first-order chi connectivity index (χ1) is 13.3. The number of halogens is 1. The molecule has 1 aliphatic heterocycles. The van der Waals surface area contributed by atoms with E-state index in [4.69, 9.17) is 0 Å². The van der Waals surface area contributed by atoms with Crippen molar-refractivity contribution >= 4 is 55.9 Å². The summed E-state index contributed by atoms with van der Waals surface area (Å²) in [6, 6.07) is 5.39. The highest BCUT2D eigenvalue weighted by Gasteiger charge is 2.24. The molecule has 28 heavy (non-hydrogen) atoms. The molecule has 2 aromatic rings. The predicted molar refractivity (Wildman–Crippen MR) is 112 cm³/mol. The van der Waals surface area contributed by atoms with E-state index in [0.717, 1.165) is 10.0 Å². The van der Waals surface area contributed by atoms with E-state index in [1.54, 1.807) is 17.3 Å². The summed E-state index contributed by atoms with van der Waals surface area (Å²) < 4.78 is 0.935. The van der Waals surface area contributed by atoms with Crippen molar-refractivity contribution in [1.29, 1.82) is 0 Å². The molecule has 1 aromatic heterocycles. The summed E-state index contributed by atoms with van der Waals surface area (Å²) in [4.78, 5) is 43.6. The summed E-state index contributed by atoms with van der Waals surface area (Å²) in [5.41, 5.74) is 2.22. The van der Waals surface area contributed by atoms with Crippen LogP contribution in [0.3, 0.4) is 0 Å². The maximum Gasteiger partial charge on any atom is 0.323 e. The van der Waals surface area contributed by atoms with Crippen molar-refractivity contribution in [3.8, 4) is 0 Å². The first-order valence-electron chi connectivity index (χ1n) is 8.63. The van der Waals surface area contributed by atoms with Gasteiger partial charge in [0.05, 0.1) is 18.7 Å². The smallest absolute Gasteiger partial charge is 0.323 e. The van der Waals surface area contributed by atoms with E-state index >= 15 is 0 Å². The zero-order valence-corrected chi connectivity index (χ0v) is 17.9. The van der Waals surface area contributed by atoms with Crippen LogP contribution in [0.25, 0.3) is 0 Å². The van der Waals surface area contributed by atoms with Gasteiger partial charge in [-0.3, -0.25) is 14.5 Å². The van der Waals surface area contributed by atoms with Crippen LogP contribution in [0.2, 0.25) is 0 Å². The zero-order valence-electron chi connectivity index (χ0n) is 15.5. The fourth-order valence-corrected chi connectivity index (χ4v) is 4.03. The average molecular weight is 466 g/mol. The van der Waals surface area contributed by atoms with Crippen molar-refractivity contribution in [2.75, 3.05) is 36.9 Å². The number of likely N-dealkylation sites (N-methyl/N-ethyl adjacent to an activating group) is 1. The first kappa shape index (κ1) is 20.3. The highest BCUT2D eigenvalue weighted by Crippen LogP contribution is 2.23. The third-order valence-corrected chi connectivity index (χ3v) is 5.63. The van der Waals surface area contributed by atoms with Crippen molar-refractivity contribution in [3.05, 3.63) is 39.3 Å². The molecule has 0 saturated carbocycles. The van der Waals surface area contributed by atoms with Gasteiger partial charge in [-0.05, 0) is 30.7 Å². The molecule has 2 heterocycles. The van der Waals surface area contributed by atoms with E-state index in [1.807, 2.05) is 25.1 Å². The molecule has 0 radical (unpaired) electrons. The van der Waals surface area contributed by atoms with Gasteiger partial charge in [0.1, 0.15) is 0 Å². The molecule has 10 heteroatoms. The van der Waals surface area contributed by atoms with Crippen LogP contribution in [-0.2, 0) is 16.0 Å². The lowest BCUT2D eigenvalue weighted by molar-refractivity contribution is -0.132. The second-order valence-electron chi connectivity index (χ2n) is 6.44. The maximum absolute atomic E-state index is 12.4. The van der Waals surface area contributed by atoms with Crippen LogP contribution in [-0.4, -0.2) is 54.4 Å². The number of thiazole rings is 1. The Bertz CT molecular complexity index is 916. The van der Waals surface area contributed by atoms with Crippen molar-refractivity contribution in [1.82, 2.24) is 15.2 Å². The number of urea groups is 1. The number of amides is 4. The molecule has 0 unspecified atom stereocenters. The molecule has 148 valence electrons. The molecule has 0 aliphatic carbocycles. The lowest BCUT2D eigenvalue weighted by Gasteiger charge is -2.17. The Balaban J connectivity index is 1.53. The molecule has 4 amide bonds. The summed E-state index contributed by atoms with van der Waals surface area (Å²) in [6.07, 6.45) is 0.0764. The van der Waals surface area contributed by atoms with Gasteiger partial charge >= 0.3 is 6.03 Å². The van der Waals surface area contributed by atoms with Crippen LogP contribution in [0.4, 0.5) is 15.6 Å². The monoisotopic (exact) mass is 465 g/mol. The van der Waals surface area contributed by atoms with Gasteiger partial charge in [0.2, 0.25) is 11.8 Å². The fraction of sp³-hybridized carbons (Fsp3) is 0.333. The number of hydrogen-bond donors (Lipinski definition) is 2. The number of aromatic nitrogens is 1. The van der Waals surface area contributed by atoms with E-state index in [0.29, 0.717) is 29.6 Å². The lowest BCUT2D eigenvalue weighted by atomic mass is 10.2. The molecule has 0 atom stereocenters. The third-order valence-electron chi connectivity index (χ3n) is 4.23. The van der Waals surface area contributed by atoms with Gasteiger partial charge in [-0.2, -0.15) is 0 Å². The van der Waals surface area contributed by atoms with Gasteiger partial charge in [0.25, 0.3) is 0 Å². The van der Waals surface area contributed by atoms with Gasteiger partial charge in [-0.1, -0.05) is 15.9 Å². The Morgan fingerprint density at radius 3 is 2.89 bits per heavy atom. The number of anilines is 2. The van der Waals surface area contributed by atoms with Gasteiger partial charge in [-0.25, -0.2) is 9.78 Å². The minimum atomic E-state index is -0.269. The highest BCUT2D eigenvalue weighted by atomic mass is 79.9. The number of aryl methyl sites for hydroxylation is 1. The van der Waals surface area contributed by atoms with Crippen LogP contribution in [0.15, 0.2) is 28.1 Å². The molecule has 1 saturated heterocycles. The molecule has 2 N–H and O–H groups in total. The van der Waals surface area contributed by atoms with E-state index in [2.05, 4.69) is 31.5 Å². The van der Waals surface area contributed by atoms with Gasteiger partial charge in [0.15, 0.2) is 5.13 Å². The topological polar surface area (TPSA) is 94.6 Å². The second-order valence-corrected chi connectivity index (χ2v) is 8.19. The minimum absolute atomic E-state index is 0.0557. The lowest BCUT2D eigenvalue weighted by Crippen LogP contribution is -2.36. The largest absolute Gasteiger partial charge is 0.336 e. The summed E-state index contributed by atoms with van der Waals surface area (Å²) >= 11 is 4.71. The summed E-state index contributed by atoms with van der Waals surface area (Å²) in [5, 5.41) is 7.87. The predicted octanol–water partition coefficient (Wildman–Crippen LogP) is 2.38. The van der Waals surface area contributed by atoms with Crippen LogP contribution >= 0.6 is 27.3 Å². The maximum atomic E-state index is 12.4. The van der Waals surface area contributed by atoms with E-state index < -0.39 is 0 Å². The number of hydrogen-bond acceptors (Lipinski definition) is 5. The van der Waals surface area contributed by atoms with E-state index in [9.17, 15) is 14.4 Å². The molecule has 0 spiro atoms. The number of carbonyl (C=O) groups is 3. The molecule has 8 nitrogen and oxygen atoms in total. The minimum Gasteiger partial charge on any atom is -0.336 e. The average Bonchev–Trinajstić information content (AvgIpc) is 3.26. The van der Waals surface area contributed by atoms with E-state index in [-0.39, 0.29) is 30.8 Å². The number of carbonyl (C=O) groups excluding carboxylic acids is 3. The Hall–Kier alpha value is -2.46. The highest BCUT2D eigenvalue weighted by molar-refractivity contribution is 9.10. The van der Waals surface area contributed by atoms with Gasteiger partial charge in [-0.15, -0.1) is 11.3 Å². The number of nitrogens with zero attached hydrogens (tertiary/aromatic N) is 3. The normalized spacial score (nSPS) is 13.4. The molecular formula is C18H20BrN5O3S. The van der Waals surface area contributed by atoms with Crippen LogP contribution in [0.1, 0.15) is 11.3 Å². The number of benzene rings is 1. The third kappa shape index (κ3) is 4.87. The van der Waals surface area contributed by atoms with Crippen molar-refractivity contribution < 1.29 is 14.4 Å². The number of rotatable bonds is 6. The van der Waals surface area contributed by atoms with E-state index in [1.165, 1.54) is 16.2 Å². The Morgan fingerprint density at radius 2 is 2.21 bits per heavy atom. The summed E-state index contributed by atoms with van der Waals surface area (Å²) in [6.45, 7) is 2.99. The quantitative estimate of drug-likeness (QED) is 0.684. The Morgan fingerprint density at radius 1 is 1.43 bits per heavy atom. The second kappa shape index (κ2) is 8.70. The van der Waals surface area contributed by atoms with Crippen molar-refractivity contribution in [2.45, 2.75) is 13.3 Å². The van der Waals surface area contributed by atoms with Gasteiger partial charge in [0, 0.05) is 35.7 Å². The van der Waals surface area contributed by atoms with Crippen LogP contribution < -0.4 is 15.5 Å². The molecule has 1 fully saturated rings. The molecule has 3 rings (SSSR count). The fourth-order valence-electron chi connectivity index (χ4n) is 2.71. The summed E-state index contributed by atoms with van der Waals surface area (Å²) in [5.74, 6) is -0.487. The molecular weight excluding hydrogens is 446 g/mol. The Labute approximate surface area is 175 Å². The summed E-state index contributed by atoms with van der Waals surface area (Å²) in [7, 11) is 1.58. The SMILES string of the molecule is Cc1cc(Br)ccc1NC(=O)CN(C)C(=O)Cc1csc(N2CCNC2=O)n1. The molecule has 1 aromatic carbocycles. The molecule has 0 bridgehead atoms. The Kier molecular flexibility index (Phi) is 6.30.